The van der Waals surface area contributed by atoms with E-state index in [0.29, 0.717) is 9.92 Å². The van der Waals surface area contributed by atoms with E-state index in [2.05, 4.69) is 13.2 Å². The zero-order chi connectivity index (χ0) is 13.7. The summed E-state index contributed by atoms with van der Waals surface area (Å²) in [6.45, 7) is 7.03. The van der Waals surface area contributed by atoms with Crippen molar-refractivity contribution >= 4 is 43.6 Å². The van der Waals surface area contributed by atoms with Crippen LogP contribution in [0.3, 0.4) is 0 Å². The van der Waals surface area contributed by atoms with Gasteiger partial charge in [-0.25, -0.2) is 0 Å². The average Bonchev–Trinajstić information content (AvgIpc) is 2.35. The van der Waals surface area contributed by atoms with Gasteiger partial charge in [-0.2, -0.15) is 0 Å². The molecule has 18 heavy (non-hydrogen) atoms. The van der Waals surface area contributed by atoms with Gasteiger partial charge in [-0.05, 0) is 43.0 Å². The van der Waals surface area contributed by atoms with Gasteiger partial charge in [0.05, 0.1) is 0 Å². The van der Waals surface area contributed by atoms with E-state index in [1.807, 2.05) is 0 Å². The minimum Gasteiger partial charge on any atom is -0.566 e. The van der Waals surface area contributed by atoms with Crippen LogP contribution in [0.5, 0.6) is 0 Å². The van der Waals surface area contributed by atoms with E-state index in [-0.39, 0.29) is 9.94 Å². The summed E-state index contributed by atoms with van der Waals surface area (Å²) < 4.78 is 23.9. The maximum atomic E-state index is 12.0. The molecule has 0 aliphatic heterocycles. The third-order valence-corrected chi connectivity index (χ3v) is 5.73. The Bertz CT molecular complexity index is 471. The van der Waals surface area contributed by atoms with E-state index in [1.165, 1.54) is 12.2 Å². The van der Waals surface area contributed by atoms with Crippen LogP contribution in [0.25, 0.3) is 0 Å². The molecule has 0 spiro atoms. The van der Waals surface area contributed by atoms with Crippen molar-refractivity contribution in [3.05, 3.63) is 64.5 Å². The van der Waals surface area contributed by atoms with E-state index < -0.39 is 20.4 Å². The van der Waals surface area contributed by atoms with Crippen molar-refractivity contribution in [2.75, 3.05) is 0 Å². The molecule has 2 unspecified atom stereocenters. The number of benzene rings is 1. The van der Waals surface area contributed by atoms with Gasteiger partial charge in [-0.1, -0.05) is 29.8 Å². The molecule has 0 saturated heterocycles. The van der Waals surface area contributed by atoms with Crippen molar-refractivity contribution in [2.24, 2.45) is 0 Å². The second kappa shape index (κ2) is 7.28. The van der Waals surface area contributed by atoms with Crippen LogP contribution >= 0.6 is 23.2 Å². The summed E-state index contributed by atoms with van der Waals surface area (Å²) in [5, 5.41) is 0.809. The van der Waals surface area contributed by atoms with E-state index in [1.54, 1.807) is 24.3 Å². The van der Waals surface area contributed by atoms with Gasteiger partial charge in [0, 0.05) is 10.1 Å². The smallest absolute Gasteiger partial charge is 0.216 e. The molecule has 0 N–H and O–H groups in total. The summed E-state index contributed by atoms with van der Waals surface area (Å²) >= 11 is 11.2. The van der Waals surface area contributed by atoms with Gasteiger partial charge in [0.15, 0.2) is 4.91 Å². The highest BCUT2D eigenvalue weighted by Gasteiger charge is 2.30. The second-order valence-corrected chi connectivity index (χ2v) is 7.84. The molecule has 0 aliphatic rings. The summed E-state index contributed by atoms with van der Waals surface area (Å²) in [5.41, 5.74) is 0. The Labute approximate surface area is 122 Å². The minimum atomic E-state index is -1.74. The number of halogens is 2. The van der Waals surface area contributed by atoms with Crippen molar-refractivity contribution < 1.29 is 9.11 Å². The van der Waals surface area contributed by atoms with Gasteiger partial charge in [0.1, 0.15) is 0 Å². The van der Waals surface area contributed by atoms with Crippen LogP contribution < -0.4 is 0 Å². The zero-order valence-electron chi connectivity index (χ0n) is 9.27. The lowest BCUT2D eigenvalue weighted by atomic mass is 10.4. The number of hydrogen-bond acceptors (Lipinski definition) is 2. The average molecular weight is 321 g/mol. The van der Waals surface area contributed by atoms with Crippen LogP contribution in [0.2, 0.25) is 5.02 Å². The predicted molar refractivity (Wildman–Crippen MR) is 79.3 cm³/mol. The first kappa shape index (κ1) is 15.7. The fourth-order valence-electron chi connectivity index (χ4n) is 0.969. The molecule has 1 aromatic rings. The first-order valence-corrected chi connectivity index (χ1v) is 8.30. The van der Waals surface area contributed by atoms with Crippen LogP contribution in [0.1, 0.15) is 0 Å². The highest BCUT2D eigenvalue weighted by molar-refractivity contribution is 8.68. The van der Waals surface area contributed by atoms with Gasteiger partial charge in [-0.15, -0.1) is 0 Å². The summed E-state index contributed by atoms with van der Waals surface area (Å²) in [4.78, 5) is 0.641. The Balaban J connectivity index is 2.77. The first-order chi connectivity index (χ1) is 8.41. The monoisotopic (exact) mass is 320 g/mol. The normalized spacial score (nSPS) is 14.4. The molecular formula is C12H10Cl2O2S2. The molecule has 1 aromatic carbocycles. The standard InChI is InChI=1S/C12H10Cl2O2S2/c1-9(13)3-4-10(2)17(15)18(16)12-7-5-11(14)6-8-12/h3-8H,1-2H2/b4-3-. The lowest BCUT2D eigenvalue weighted by molar-refractivity contribution is 0.586. The minimum absolute atomic E-state index is 0.213. The van der Waals surface area contributed by atoms with Crippen LogP contribution in [-0.2, 0) is 20.4 Å². The van der Waals surface area contributed by atoms with Crippen molar-refractivity contribution in [1.82, 2.24) is 0 Å². The maximum absolute atomic E-state index is 12.0. The van der Waals surface area contributed by atoms with Gasteiger partial charge >= 0.3 is 0 Å². The maximum Gasteiger partial charge on any atom is 0.216 e. The Kier molecular flexibility index (Phi) is 6.35. The molecular weight excluding hydrogens is 311 g/mol. The Morgan fingerprint density at radius 2 is 1.67 bits per heavy atom. The second-order valence-electron chi connectivity index (χ2n) is 3.17. The van der Waals surface area contributed by atoms with Crippen molar-refractivity contribution in [3.8, 4) is 0 Å². The molecule has 96 valence electrons. The number of rotatable bonds is 5. The van der Waals surface area contributed by atoms with Crippen LogP contribution in [-0.4, -0.2) is 9.11 Å². The molecule has 0 amide bonds. The lowest BCUT2D eigenvalue weighted by Gasteiger charge is -2.11. The quantitative estimate of drug-likeness (QED) is 0.468. The molecule has 2 nitrogen and oxygen atoms in total. The summed E-state index contributed by atoms with van der Waals surface area (Å²) in [6, 6.07) is 6.30. The fourth-order valence-corrected chi connectivity index (χ4v) is 3.67. The van der Waals surface area contributed by atoms with E-state index in [0.717, 1.165) is 0 Å². The van der Waals surface area contributed by atoms with Crippen LogP contribution in [0.4, 0.5) is 0 Å². The number of allylic oxidation sites excluding steroid dienone is 3. The largest absolute Gasteiger partial charge is 0.566 e. The Morgan fingerprint density at radius 1 is 1.11 bits per heavy atom. The van der Waals surface area contributed by atoms with E-state index in [9.17, 15) is 9.11 Å². The summed E-state index contributed by atoms with van der Waals surface area (Å²) in [5.74, 6) is 0. The predicted octanol–water partition coefficient (Wildman–Crippen LogP) is 3.93. The van der Waals surface area contributed by atoms with Gasteiger partial charge in [-0.3, -0.25) is 0 Å². The van der Waals surface area contributed by atoms with Crippen LogP contribution in [0, 0.1) is 0 Å². The SMILES string of the molecule is C=C(Cl)/C=C\C(=C)[S+]([O-])[S+]([O-])c1ccc(Cl)cc1. The number of hydrogen-bond donors (Lipinski definition) is 0. The Hall–Kier alpha value is -0.360. The third kappa shape index (κ3) is 4.72. The molecule has 0 heterocycles. The van der Waals surface area contributed by atoms with Crippen LogP contribution in [0.15, 0.2) is 64.4 Å². The first-order valence-electron chi connectivity index (χ1n) is 4.73. The van der Waals surface area contributed by atoms with E-state index >= 15 is 0 Å². The summed E-state index contributed by atoms with van der Waals surface area (Å²) in [6.07, 6.45) is 2.88. The lowest BCUT2D eigenvalue weighted by Crippen LogP contribution is -2.16. The molecule has 1 rings (SSSR count). The molecule has 0 fully saturated rings. The van der Waals surface area contributed by atoms with Gasteiger partial charge < -0.3 is 9.11 Å². The zero-order valence-corrected chi connectivity index (χ0v) is 12.4. The highest BCUT2D eigenvalue weighted by Crippen LogP contribution is 2.24. The van der Waals surface area contributed by atoms with Gasteiger partial charge in [0.2, 0.25) is 25.3 Å². The molecule has 6 heteroatoms. The van der Waals surface area contributed by atoms with Crippen molar-refractivity contribution in [3.63, 3.8) is 0 Å². The molecule has 0 saturated carbocycles. The van der Waals surface area contributed by atoms with Crippen molar-refractivity contribution in [1.29, 1.82) is 0 Å². The molecule has 2 atom stereocenters. The third-order valence-electron chi connectivity index (χ3n) is 1.81. The van der Waals surface area contributed by atoms with Crippen molar-refractivity contribution in [2.45, 2.75) is 4.90 Å². The fraction of sp³-hybridized carbons (Fsp3) is 0. The molecule has 0 radical (unpaired) electrons. The van der Waals surface area contributed by atoms with Gasteiger partial charge in [0.25, 0.3) is 0 Å². The molecule has 0 bridgehead atoms. The Morgan fingerprint density at radius 3 is 2.17 bits per heavy atom. The molecule has 0 aliphatic carbocycles. The molecule has 0 aromatic heterocycles. The summed E-state index contributed by atoms with van der Waals surface area (Å²) in [7, 11) is -3.43. The van der Waals surface area contributed by atoms with E-state index in [4.69, 9.17) is 23.2 Å². The highest BCUT2D eigenvalue weighted by atomic mass is 35.5. The topological polar surface area (TPSA) is 46.1 Å².